The molecule has 0 aliphatic carbocycles. The standard InChI is InChI=1S/C22H26N6O3/c1-2-7-24-21(29)16-15-17-20(25-18-6-3-4-9-27(18)22(17)30)28(19(16)23)10-5-8-26-11-13-31-14-12-26/h2-4,6,9,15,23H,1,5,7-8,10-14H2,(H,24,29)/p+1. The quantitative estimate of drug-likeness (QED) is 0.323. The molecule has 3 aromatic rings. The molecule has 0 spiro atoms. The lowest BCUT2D eigenvalue weighted by molar-refractivity contribution is -0.659. The molecule has 1 aliphatic rings. The second-order valence-electron chi connectivity index (χ2n) is 7.48. The van der Waals surface area contributed by atoms with Crippen molar-refractivity contribution in [1.29, 1.82) is 0 Å². The van der Waals surface area contributed by atoms with Gasteiger partial charge in [-0.2, -0.15) is 0 Å². The van der Waals surface area contributed by atoms with Crippen molar-refractivity contribution in [2.24, 2.45) is 0 Å². The SMILES string of the molecule is C=CCNC(=O)c1cc2c(=O)n3ccccc3nc2[n+](CCCN2CCOCC2)c1N. The van der Waals surface area contributed by atoms with Crippen LogP contribution in [0, 0.1) is 0 Å². The number of carbonyl (C=O) groups is 1. The molecule has 3 N–H and O–H groups in total. The van der Waals surface area contributed by atoms with Crippen molar-refractivity contribution in [2.75, 3.05) is 45.1 Å². The molecule has 9 heteroatoms. The fourth-order valence-electron chi connectivity index (χ4n) is 3.85. The molecule has 1 saturated heterocycles. The van der Waals surface area contributed by atoms with Gasteiger partial charge in [-0.1, -0.05) is 17.1 Å². The summed E-state index contributed by atoms with van der Waals surface area (Å²) in [5.41, 5.74) is 7.47. The van der Waals surface area contributed by atoms with E-state index in [1.807, 2.05) is 6.07 Å². The van der Waals surface area contributed by atoms with E-state index in [1.165, 1.54) is 10.5 Å². The molecule has 0 radical (unpaired) electrons. The predicted octanol–water partition coefficient (Wildman–Crippen LogP) is 0.356. The molecule has 1 fully saturated rings. The Labute approximate surface area is 179 Å². The van der Waals surface area contributed by atoms with Gasteiger partial charge in [0.05, 0.1) is 19.8 Å². The Bertz CT molecular complexity index is 1180. The highest BCUT2D eigenvalue weighted by Gasteiger charge is 2.24. The number of nitrogens with one attached hydrogen (secondary N) is 1. The number of nitrogens with zero attached hydrogens (tertiary/aromatic N) is 4. The summed E-state index contributed by atoms with van der Waals surface area (Å²) < 4.78 is 8.66. The van der Waals surface area contributed by atoms with Crippen LogP contribution < -0.4 is 21.2 Å². The molecule has 4 rings (SSSR count). The van der Waals surface area contributed by atoms with Crippen LogP contribution in [0.25, 0.3) is 16.7 Å². The van der Waals surface area contributed by atoms with Gasteiger partial charge in [-0.05, 0) is 24.6 Å². The summed E-state index contributed by atoms with van der Waals surface area (Å²) in [7, 11) is 0. The Hall–Kier alpha value is -3.30. The summed E-state index contributed by atoms with van der Waals surface area (Å²) in [5.74, 6) is -0.0537. The fourth-order valence-corrected chi connectivity index (χ4v) is 3.85. The molecule has 1 amide bonds. The zero-order chi connectivity index (χ0) is 21.8. The topological polar surface area (TPSA) is 106 Å². The Morgan fingerprint density at radius 3 is 2.94 bits per heavy atom. The number of amides is 1. The normalized spacial score (nSPS) is 14.7. The Morgan fingerprint density at radius 1 is 1.35 bits per heavy atom. The maximum atomic E-state index is 13.2. The van der Waals surface area contributed by atoms with Crippen molar-refractivity contribution in [2.45, 2.75) is 13.0 Å². The van der Waals surface area contributed by atoms with E-state index < -0.39 is 0 Å². The number of anilines is 1. The minimum absolute atomic E-state index is 0.236. The number of aromatic nitrogens is 3. The highest BCUT2D eigenvalue weighted by molar-refractivity contribution is 6.00. The van der Waals surface area contributed by atoms with Crippen molar-refractivity contribution < 1.29 is 14.1 Å². The maximum absolute atomic E-state index is 13.2. The number of hydrogen-bond acceptors (Lipinski definition) is 6. The summed E-state index contributed by atoms with van der Waals surface area (Å²) in [5, 5.41) is 3.10. The summed E-state index contributed by atoms with van der Waals surface area (Å²) in [6.07, 6.45) is 4.06. The lowest BCUT2D eigenvalue weighted by Gasteiger charge is -2.26. The number of carbonyl (C=O) groups excluding carboxylic acids is 1. The molecular weight excluding hydrogens is 396 g/mol. The van der Waals surface area contributed by atoms with E-state index in [2.05, 4.69) is 16.8 Å². The summed E-state index contributed by atoms with van der Waals surface area (Å²) in [6, 6.07) is 6.92. The Kier molecular flexibility index (Phi) is 6.24. The van der Waals surface area contributed by atoms with Crippen molar-refractivity contribution in [3.05, 3.63) is 59.0 Å². The lowest BCUT2D eigenvalue weighted by atomic mass is 10.1. The second-order valence-corrected chi connectivity index (χ2v) is 7.48. The molecule has 0 aromatic carbocycles. The van der Waals surface area contributed by atoms with E-state index in [9.17, 15) is 9.59 Å². The van der Waals surface area contributed by atoms with E-state index in [-0.39, 0.29) is 17.0 Å². The first kappa shape index (κ1) is 21.0. The van der Waals surface area contributed by atoms with Crippen LogP contribution in [0.5, 0.6) is 0 Å². The van der Waals surface area contributed by atoms with E-state index in [0.717, 1.165) is 39.3 Å². The second kappa shape index (κ2) is 9.23. The van der Waals surface area contributed by atoms with Gasteiger partial charge in [0, 0.05) is 32.4 Å². The zero-order valence-corrected chi connectivity index (χ0v) is 17.4. The number of rotatable bonds is 7. The molecule has 31 heavy (non-hydrogen) atoms. The van der Waals surface area contributed by atoms with Crippen molar-refractivity contribution in [3.8, 4) is 0 Å². The lowest BCUT2D eigenvalue weighted by Crippen LogP contribution is -2.44. The molecule has 4 heterocycles. The molecule has 3 aromatic heterocycles. The third-order valence-electron chi connectivity index (χ3n) is 5.47. The first-order chi connectivity index (χ1) is 15.1. The molecule has 1 aliphatic heterocycles. The van der Waals surface area contributed by atoms with Gasteiger partial charge in [0.25, 0.3) is 17.1 Å². The van der Waals surface area contributed by atoms with Crippen LogP contribution in [-0.4, -0.2) is 59.6 Å². The van der Waals surface area contributed by atoms with Crippen LogP contribution in [0.1, 0.15) is 16.8 Å². The van der Waals surface area contributed by atoms with Gasteiger partial charge >= 0.3 is 0 Å². The van der Waals surface area contributed by atoms with Crippen molar-refractivity contribution in [3.63, 3.8) is 0 Å². The number of morpholine rings is 1. The van der Waals surface area contributed by atoms with Gasteiger partial charge < -0.3 is 15.8 Å². The average molecular weight is 423 g/mol. The van der Waals surface area contributed by atoms with Gasteiger partial charge in [-0.25, -0.2) is 4.57 Å². The van der Waals surface area contributed by atoms with Crippen LogP contribution in [0.4, 0.5) is 5.82 Å². The largest absolute Gasteiger partial charge is 0.379 e. The molecule has 0 atom stereocenters. The minimum Gasteiger partial charge on any atom is -0.379 e. The molecular formula is C22H27N6O3+. The number of ether oxygens (including phenoxy) is 1. The molecule has 0 saturated carbocycles. The number of fused-ring (bicyclic) bond motifs is 2. The molecule has 9 nitrogen and oxygen atoms in total. The third-order valence-corrected chi connectivity index (χ3v) is 5.47. The molecule has 0 unspecified atom stereocenters. The van der Waals surface area contributed by atoms with Crippen LogP contribution in [0.2, 0.25) is 0 Å². The number of hydrogen-bond donors (Lipinski definition) is 2. The summed E-state index contributed by atoms with van der Waals surface area (Å²) in [6.45, 7) is 8.61. The highest BCUT2D eigenvalue weighted by Crippen LogP contribution is 2.15. The monoisotopic (exact) mass is 423 g/mol. The Balaban J connectivity index is 1.78. The molecule has 0 bridgehead atoms. The highest BCUT2D eigenvalue weighted by atomic mass is 16.5. The minimum atomic E-state index is -0.348. The zero-order valence-electron chi connectivity index (χ0n) is 17.4. The average Bonchev–Trinajstić information content (AvgIpc) is 2.80. The van der Waals surface area contributed by atoms with E-state index in [4.69, 9.17) is 15.5 Å². The van der Waals surface area contributed by atoms with E-state index >= 15 is 0 Å². The van der Waals surface area contributed by atoms with Crippen LogP contribution in [0.3, 0.4) is 0 Å². The van der Waals surface area contributed by atoms with Gasteiger partial charge in [0.1, 0.15) is 10.9 Å². The summed E-state index contributed by atoms with van der Waals surface area (Å²) >= 11 is 0. The summed E-state index contributed by atoms with van der Waals surface area (Å²) in [4.78, 5) is 32.9. The third kappa shape index (κ3) is 4.28. The number of nitrogens with two attached hydrogens (primary N) is 1. The maximum Gasteiger partial charge on any atom is 0.278 e. The number of aryl methyl sites for hydroxylation is 1. The van der Waals surface area contributed by atoms with Crippen LogP contribution in [-0.2, 0) is 11.3 Å². The Morgan fingerprint density at radius 2 is 2.16 bits per heavy atom. The first-order valence-corrected chi connectivity index (χ1v) is 10.4. The van der Waals surface area contributed by atoms with E-state index in [0.29, 0.717) is 35.6 Å². The van der Waals surface area contributed by atoms with Gasteiger partial charge in [0.15, 0.2) is 0 Å². The number of nitrogen functional groups attached to an aromatic ring is 1. The molecule has 162 valence electrons. The van der Waals surface area contributed by atoms with Crippen LogP contribution >= 0.6 is 0 Å². The van der Waals surface area contributed by atoms with Gasteiger partial charge in [0.2, 0.25) is 11.5 Å². The van der Waals surface area contributed by atoms with Crippen molar-refractivity contribution in [1.82, 2.24) is 19.6 Å². The smallest absolute Gasteiger partial charge is 0.278 e. The van der Waals surface area contributed by atoms with E-state index in [1.54, 1.807) is 29.0 Å². The van der Waals surface area contributed by atoms with Gasteiger partial charge in [-0.15, -0.1) is 6.58 Å². The first-order valence-electron chi connectivity index (χ1n) is 10.4. The van der Waals surface area contributed by atoms with Crippen molar-refractivity contribution >= 4 is 28.4 Å². The fraction of sp³-hybridized carbons (Fsp3) is 0.364. The number of pyridine rings is 2. The van der Waals surface area contributed by atoms with Crippen LogP contribution in [0.15, 0.2) is 47.9 Å². The van der Waals surface area contributed by atoms with Gasteiger partial charge in [-0.3, -0.25) is 18.9 Å². The predicted molar refractivity (Wildman–Crippen MR) is 118 cm³/mol.